The molecule has 0 spiro atoms. The molecule has 0 fully saturated rings. The lowest BCUT2D eigenvalue weighted by molar-refractivity contribution is 1.15. The minimum absolute atomic E-state index is 0.708. The normalized spacial score (nSPS) is 10.4. The fourth-order valence-electron chi connectivity index (χ4n) is 3.26. The number of fused-ring (bicyclic) bond motifs is 3. The molecule has 0 N–H and O–H groups in total. The first-order chi connectivity index (χ1) is 12.2. The predicted molar refractivity (Wildman–Crippen MR) is 106 cm³/mol. The van der Waals surface area contributed by atoms with Gasteiger partial charge in [-0.1, -0.05) is 50.2 Å². The van der Waals surface area contributed by atoms with Gasteiger partial charge < -0.3 is 4.57 Å². The van der Waals surface area contributed by atoms with Crippen molar-refractivity contribution in [1.82, 2.24) is 4.57 Å². The van der Waals surface area contributed by atoms with Crippen molar-refractivity contribution in [2.75, 3.05) is 0 Å². The summed E-state index contributed by atoms with van der Waals surface area (Å²) in [7, 11) is 0. The highest BCUT2D eigenvalue weighted by Crippen LogP contribution is 2.33. The highest BCUT2D eigenvalue weighted by atomic mass is 15.0. The lowest BCUT2D eigenvalue weighted by Gasteiger charge is -2.12. The predicted octanol–water partition coefficient (Wildman–Crippen LogP) is 6.30. The van der Waals surface area contributed by atoms with Crippen LogP contribution in [0.2, 0.25) is 0 Å². The fourth-order valence-corrected chi connectivity index (χ4v) is 3.26. The summed E-state index contributed by atoms with van der Waals surface area (Å²) in [6, 6.07) is 23.2. The molecule has 25 heavy (non-hydrogen) atoms. The third-order valence-corrected chi connectivity index (χ3v) is 4.55. The quantitative estimate of drug-likeness (QED) is 0.403. The summed E-state index contributed by atoms with van der Waals surface area (Å²) in [5.41, 5.74) is 6.27. The van der Waals surface area contributed by atoms with Gasteiger partial charge in [-0.25, -0.2) is 0 Å². The molecular formula is C23H22N2. The van der Waals surface area contributed by atoms with Crippen LogP contribution in [0.25, 0.3) is 27.5 Å². The molecule has 0 unspecified atom stereocenters. The van der Waals surface area contributed by atoms with Crippen LogP contribution in [0.1, 0.15) is 30.5 Å². The molecular weight excluding hydrogens is 304 g/mol. The lowest BCUT2D eigenvalue weighted by atomic mass is 10.0. The highest BCUT2D eigenvalue weighted by molar-refractivity contribution is 6.09. The van der Waals surface area contributed by atoms with Crippen molar-refractivity contribution in [2.24, 2.45) is 0 Å². The van der Waals surface area contributed by atoms with Gasteiger partial charge >= 0.3 is 0 Å². The van der Waals surface area contributed by atoms with E-state index in [1.54, 1.807) is 0 Å². The summed E-state index contributed by atoms with van der Waals surface area (Å²) in [6.07, 6.45) is 0. The number of hydrogen-bond donors (Lipinski definition) is 0. The maximum atomic E-state index is 9.61. The van der Waals surface area contributed by atoms with Gasteiger partial charge in [0, 0.05) is 10.8 Å². The average molecular weight is 326 g/mol. The smallest absolute Gasteiger partial charge is 0.101 e. The lowest BCUT2D eigenvalue weighted by Crippen LogP contribution is -1.99. The Bertz CT molecular complexity index is 1040. The first kappa shape index (κ1) is 16.8. The Morgan fingerprint density at radius 2 is 1.24 bits per heavy atom. The molecule has 124 valence electrons. The Kier molecular flexibility index (Phi) is 4.59. The first-order valence-electron chi connectivity index (χ1n) is 8.70. The van der Waals surface area contributed by atoms with Gasteiger partial charge in [-0.3, -0.25) is 0 Å². The standard InChI is InChI=1S/C21H16N2.C2H6/c1-14-11-16(13-22)21(12-15(14)2)23-19-9-5-3-7-17(19)18-8-4-6-10-20(18)23;1-2/h3-12H,1-2H3;1-2H3. The van der Waals surface area contributed by atoms with Crippen molar-refractivity contribution in [3.8, 4) is 11.8 Å². The van der Waals surface area contributed by atoms with Crippen molar-refractivity contribution < 1.29 is 0 Å². The van der Waals surface area contributed by atoms with Gasteiger partial charge in [0.25, 0.3) is 0 Å². The van der Waals surface area contributed by atoms with E-state index < -0.39 is 0 Å². The minimum atomic E-state index is 0.708. The van der Waals surface area contributed by atoms with Gasteiger partial charge in [0.15, 0.2) is 0 Å². The number of nitriles is 1. The number of rotatable bonds is 1. The van der Waals surface area contributed by atoms with Crippen LogP contribution in [0, 0.1) is 25.2 Å². The summed E-state index contributed by atoms with van der Waals surface area (Å²) in [6.45, 7) is 8.14. The van der Waals surface area contributed by atoms with Gasteiger partial charge in [-0.15, -0.1) is 0 Å². The number of para-hydroxylation sites is 2. The maximum absolute atomic E-state index is 9.61. The molecule has 1 heterocycles. The van der Waals surface area contributed by atoms with Gasteiger partial charge in [-0.2, -0.15) is 5.26 Å². The van der Waals surface area contributed by atoms with Crippen LogP contribution in [-0.2, 0) is 0 Å². The molecule has 0 saturated carbocycles. The van der Waals surface area contributed by atoms with Gasteiger partial charge in [-0.05, 0) is 49.2 Å². The SMILES string of the molecule is CC.Cc1cc(C#N)c(-n2c3ccccc3c3ccccc32)cc1C. The van der Waals surface area contributed by atoms with Crippen LogP contribution in [-0.4, -0.2) is 4.57 Å². The fraction of sp³-hybridized carbons (Fsp3) is 0.174. The van der Waals surface area contributed by atoms with Crippen LogP contribution in [0.15, 0.2) is 60.7 Å². The molecule has 2 nitrogen and oxygen atoms in total. The second-order valence-corrected chi connectivity index (χ2v) is 5.94. The first-order valence-corrected chi connectivity index (χ1v) is 8.70. The van der Waals surface area contributed by atoms with Gasteiger partial charge in [0.05, 0.1) is 22.3 Å². The van der Waals surface area contributed by atoms with Crippen LogP contribution < -0.4 is 0 Å². The zero-order valence-electron chi connectivity index (χ0n) is 15.2. The molecule has 0 aliphatic heterocycles. The van der Waals surface area contributed by atoms with Gasteiger partial charge in [0.1, 0.15) is 6.07 Å². The van der Waals surface area contributed by atoms with Crippen molar-refractivity contribution in [1.29, 1.82) is 5.26 Å². The molecule has 0 radical (unpaired) electrons. The molecule has 0 amide bonds. The third kappa shape index (κ3) is 2.68. The van der Waals surface area contributed by atoms with Crippen molar-refractivity contribution >= 4 is 21.8 Å². The molecule has 0 aliphatic rings. The van der Waals surface area contributed by atoms with Crippen LogP contribution >= 0.6 is 0 Å². The monoisotopic (exact) mass is 326 g/mol. The molecule has 4 aromatic rings. The number of aryl methyl sites for hydroxylation is 2. The van der Waals surface area contributed by atoms with Crippen molar-refractivity contribution in [3.63, 3.8) is 0 Å². The van der Waals surface area contributed by atoms with Crippen LogP contribution in [0.4, 0.5) is 0 Å². The van der Waals surface area contributed by atoms with E-state index in [-0.39, 0.29) is 0 Å². The Balaban J connectivity index is 0.000000880. The Morgan fingerprint density at radius 3 is 1.76 bits per heavy atom. The maximum Gasteiger partial charge on any atom is 0.101 e. The molecule has 2 heteroatoms. The summed E-state index contributed by atoms with van der Waals surface area (Å²) < 4.78 is 2.20. The second-order valence-electron chi connectivity index (χ2n) is 5.94. The van der Waals surface area contributed by atoms with E-state index in [1.165, 1.54) is 16.3 Å². The number of benzene rings is 3. The van der Waals surface area contributed by atoms with E-state index >= 15 is 0 Å². The molecule has 4 rings (SSSR count). The third-order valence-electron chi connectivity index (χ3n) is 4.55. The topological polar surface area (TPSA) is 28.7 Å². The molecule has 3 aromatic carbocycles. The molecule has 0 saturated heterocycles. The van der Waals surface area contributed by atoms with Crippen molar-refractivity contribution in [3.05, 3.63) is 77.4 Å². The van der Waals surface area contributed by atoms with E-state index in [9.17, 15) is 5.26 Å². The van der Waals surface area contributed by atoms with E-state index in [0.717, 1.165) is 22.3 Å². The van der Waals surface area contributed by atoms with Gasteiger partial charge in [0.2, 0.25) is 0 Å². The highest BCUT2D eigenvalue weighted by Gasteiger charge is 2.14. The number of hydrogen-bond acceptors (Lipinski definition) is 1. The average Bonchev–Trinajstić information content (AvgIpc) is 3.00. The van der Waals surface area contributed by atoms with Crippen LogP contribution in [0.5, 0.6) is 0 Å². The molecule has 0 atom stereocenters. The van der Waals surface area contributed by atoms with E-state index in [4.69, 9.17) is 0 Å². The summed E-state index contributed by atoms with van der Waals surface area (Å²) >= 11 is 0. The molecule has 1 aromatic heterocycles. The Morgan fingerprint density at radius 1 is 0.760 bits per heavy atom. The Labute approximate surface area is 148 Å². The number of nitrogens with zero attached hydrogens (tertiary/aromatic N) is 2. The summed E-state index contributed by atoms with van der Waals surface area (Å²) in [5.74, 6) is 0. The number of aromatic nitrogens is 1. The summed E-state index contributed by atoms with van der Waals surface area (Å²) in [5, 5.41) is 12.0. The molecule has 0 bridgehead atoms. The second kappa shape index (κ2) is 6.83. The summed E-state index contributed by atoms with van der Waals surface area (Å²) in [4.78, 5) is 0. The largest absolute Gasteiger partial charge is 0.308 e. The van der Waals surface area contributed by atoms with E-state index in [2.05, 4.69) is 60.0 Å². The Hall–Kier alpha value is -3.05. The zero-order chi connectivity index (χ0) is 18.0. The van der Waals surface area contributed by atoms with E-state index in [1.807, 2.05) is 39.0 Å². The van der Waals surface area contributed by atoms with E-state index in [0.29, 0.717) is 5.56 Å². The minimum Gasteiger partial charge on any atom is -0.308 e. The van der Waals surface area contributed by atoms with Crippen molar-refractivity contribution in [2.45, 2.75) is 27.7 Å². The zero-order valence-corrected chi connectivity index (χ0v) is 15.2. The van der Waals surface area contributed by atoms with Crippen LogP contribution in [0.3, 0.4) is 0 Å². The molecule has 0 aliphatic carbocycles.